The highest BCUT2D eigenvalue weighted by Gasteiger charge is 2.32. The van der Waals surface area contributed by atoms with Crippen molar-refractivity contribution in [2.24, 2.45) is 11.7 Å². The smallest absolute Gasteiger partial charge is 0.346 e. The number of hydrogen-bond donors (Lipinski definition) is 2. The van der Waals surface area contributed by atoms with E-state index in [9.17, 15) is 18.0 Å². The van der Waals surface area contributed by atoms with Crippen LogP contribution in [0.2, 0.25) is 0 Å². The Morgan fingerprint density at radius 2 is 2.17 bits per heavy atom. The number of amides is 1. The molecule has 1 saturated carbocycles. The Kier molecular flexibility index (Phi) is 4.60. The molecule has 0 bridgehead atoms. The van der Waals surface area contributed by atoms with Crippen LogP contribution in [0, 0.1) is 5.92 Å². The minimum atomic E-state index is -4.41. The predicted octanol–water partition coefficient (Wildman–Crippen LogP) is 3.30. The minimum absolute atomic E-state index is 0.0730. The van der Waals surface area contributed by atoms with Crippen molar-refractivity contribution in [2.45, 2.75) is 25.1 Å². The topological polar surface area (TPSA) is 68.0 Å². The van der Waals surface area contributed by atoms with Gasteiger partial charge in [-0.2, -0.15) is 13.2 Å². The zero-order valence-electron chi connectivity index (χ0n) is 12.6. The number of thiazole rings is 1. The van der Waals surface area contributed by atoms with Crippen LogP contribution in [0.5, 0.6) is 0 Å². The molecule has 1 aromatic heterocycles. The van der Waals surface area contributed by atoms with Crippen LogP contribution < -0.4 is 11.1 Å². The van der Waals surface area contributed by atoms with Crippen LogP contribution in [0.1, 0.15) is 28.9 Å². The fourth-order valence-corrected chi connectivity index (χ4v) is 3.25. The monoisotopic (exact) mass is 355 g/mol. The van der Waals surface area contributed by atoms with Gasteiger partial charge in [-0.3, -0.25) is 4.79 Å². The van der Waals surface area contributed by atoms with Gasteiger partial charge < -0.3 is 11.1 Å². The standard InChI is InChI=1S/C16H16F3N3OS/c17-16(18,19)11-3-1-2-10(6-11)15-22-13(8-24-15)14(23)21-12(7-20)9-4-5-9/h1-3,6,8-9,12H,4-5,7,20H2,(H,21,23). The lowest BCUT2D eigenvalue weighted by atomic mass is 10.1. The van der Waals surface area contributed by atoms with E-state index in [0.717, 1.165) is 36.3 Å². The molecule has 8 heteroatoms. The summed E-state index contributed by atoms with van der Waals surface area (Å²) in [5.74, 6) is 0.0762. The fourth-order valence-electron chi connectivity index (χ4n) is 2.45. The van der Waals surface area contributed by atoms with E-state index >= 15 is 0 Å². The van der Waals surface area contributed by atoms with Gasteiger partial charge in [0.15, 0.2) is 0 Å². The largest absolute Gasteiger partial charge is 0.416 e. The summed E-state index contributed by atoms with van der Waals surface area (Å²) in [5.41, 5.74) is 5.46. The third-order valence-electron chi connectivity index (χ3n) is 3.94. The van der Waals surface area contributed by atoms with E-state index in [1.54, 1.807) is 11.4 Å². The summed E-state index contributed by atoms with van der Waals surface area (Å²) in [5, 5.41) is 4.77. The number of nitrogens with one attached hydrogen (secondary N) is 1. The Labute approximate surface area is 140 Å². The molecule has 1 aromatic carbocycles. The maximum Gasteiger partial charge on any atom is 0.416 e. The quantitative estimate of drug-likeness (QED) is 0.865. The number of carbonyl (C=O) groups is 1. The van der Waals surface area contributed by atoms with Crippen molar-refractivity contribution in [1.29, 1.82) is 0 Å². The summed E-state index contributed by atoms with van der Waals surface area (Å²) in [6.45, 7) is 0.362. The van der Waals surface area contributed by atoms with Crippen LogP contribution in [-0.4, -0.2) is 23.5 Å². The number of benzene rings is 1. The number of rotatable bonds is 5. The molecule has 0 aliphatic heterocycles. The highest BCUT2D eigenvalue weighted by Crippen LogP contribution is 2.34. The van der Waals surface area contributed by atoms with Crippen LogP contribution in [0.15, 0.2) is 29.6 Å². The second-order valence-corrected chi connectivity index (χ2v) is 6.63. The molecule has 24 heavy (non-hydrogen) atoms. The molecule has 1 fully saturated rings. The maximum absolute atomic E-state index is 12.8. The third kappa shape index (κ3) is 3.76. The van der Waals surface area contributed by atoms with Gasteiger partial charge in [-0.25, -0.2) is 4.98 Å². The molecular formula is C16H16F3N3OS. The molecule has 3 N–H and O–H groups in total. The third-order valence-corrected chi connectivity index (χ3v) is 4.83. The summed E-state index contributed by atoms with van der Waals surface area (Å²) in [7, 11) is 0. The number of hydrogen-bond acceptors (Lipinski definition) is 4. The van der Waals surface area contributed by atoms with Gasteiger partial charge in [0.1, 0.15) is 10.7 Å². The summed E-state index contributed by atoms with van der Waals surface area (Å²) in [4.78, 5) is 16.4. The molecule has 1 unspecified atom stereocenters. The molecule has 1 atom stereocenters. The van der Waals surface area contributed by atoms with E-state index in [0.29, 0.717) is 23.0 Å². The SMILES string of the molecule is NCC(NC(=O)c1csc(-c2cccc(C(F)(F)F)c2)n1)C1CC1. The molecular weight excluding hydrogens is 339 g/mol. The molecule has 2 aromatic rings. The lowest BCUT2D eigenvalue weighted by molar-refractivity contribution is -0.137. The first kappa shape index (κ1) is 16.9. The molecule has 0 saturated heterocycles. The Balaban J connectivity index is 1.76. The molecule has 1 aliphatic carbocycles. The van der Waals surface area contributed by atoms with Gasteiger partial charge in [-0.15, -0.1) is 11.3 Å². The molecule has 1 aliphatic rings. The van der Waals surface area contributed by atoms with Crippen molar-refractivity contribution in [2.75, 3.05) is 6.54 Å². The van der Waals surface area contributed by atoms with E-state index in [-0.39, 0.29) is 17.6 Å². The maximum atomic E-state index is 12.8. The number of nitrogens with two attached hydrogens (primary N) is 1. The van der Waals surface area contributed by atoms with Crippen molar-refractivity contribution in [3.05, 3.63) is 40.9 Å². The van der Waals surface area contributed by atoms with Gasteiger partial charge in [0, 0.05) is 23.5 Å². The lowest BCUT2D eigenvalue weighted by Crippen LogP contribution is -2.41. The second-order valence-electron chi connectivity index (χ2n) is 5.77. The van der Waals surface area contributed by atoms with Crippen LogP contribution in [0.3, 0.4) is 0 Å². The van der Waals surface area contributed by atoms with Gasteiger partial charge in [0.05, 0.1) is 5.56 Å². The van der Waals surface area contributed by atoms with E-state index in [1.807, 2.05) is 0 Å². The minimum Gasteiger partial charge on any atom is -0.346 e. The predicted molar refractivity (Wildman–Crippen MR) is 85.6 cm³/mol. The van der Waals surface area contributed by atoms with E-state index < -0.39 is 11.7 Å². The van der Waals surface area contributed by atoms with Crippen molar-refractivity contribution < 1.29 is 18.0 Å². The highest BCUT2D eigenvalue weighted by atomic mass is 32.1. The van der Waals surface area contributed by atoms with Crippen LogP contribution in [0.4, 0.5) is 13.2 Å². The van der Waals surface area contributed by atoms with Gasteiger partial charge in [-0.1, -0.05) is 12.1 Å². The Morgan fingerprint density at radius 3 is 2.79 bits per heavy atom. The molecule has 0 radical (unpaired) electrons. The van der Waals surface area contributed by atoms with Crippen molar-refractivity contribution in [3.8, 4) is 10.6 Å². The Bertz CT molecular complexity index is 740. The van der Waals surface area contributed by atoms with E-state index in [4.69, 9.17) is 5.73 Å². The highest BCUT2D eigenvalue weighted by molar-refractivity contribution is 7.13. The van der Waals surface area contributed by atoms with Crippen LogP contribution in [0.25, 0.3) is 10.6 Å². The first-order chi connectivity index (χ1) is 11.4. The van der Waals surface area contributed by atoms with Crippen LogP contribution in [-0.2, 0) is 6.18 Å². The Hall–Kier alpha value is -1.93. The summed E-state index contributed by atoms with van der Waals surface area (Å²) in [6.07, 6.45) is -2.31. The van der Waals surface area contributed by atoms with E-state index in [2.05, 4.69) is 10.3 Å². The van der Waals surface area contributed by atoms with E-state index in [1.165, 1.54) is 6.07 Å². The molecule has 3 rings (SSSR count). The summed E-state index contributed by atoms with van der Waals surface area (Å²) < 4.78 is 38.4. The first-order valence-corrected chi connectivity index (χ1v) is 8.40. The first-order valence-electron chi connectivity index (χ1n) is 7.52. The van der Waals surface area contributed by atoms with Crippen molar-refractivity contribution in [3.63, 3.8) is 0 Å². The fraction of sp³-hybridized carbons (Fsp3) is 0.375. The molecule has 4 nitrogen and oxygen atoms in total. The Morgan fingerprint density at radius 1 is 1.42 bits per heavy atom. The number of aromatic nitrogens is 1. The van der Waals surface area contributed by atoms with Crippen molar-refractivity contribution in [1.82, 2.24) is 10.3 Å². The molecule has 1 heterocycles. The average Bonchev–Trinajstić information content (AvgIpc) is 3.27. The zero-order chi connectivity index (χ0) is 17.3. The number of nitrogens with zero attached hydrogens (tertiary/aromatic N) is 1. The molecule has 128 valence electrons. The molecule has 1 amide bonds. The van der Waals surface area contributed by atoms with Gasteiger partial charge in [0.25, 0.3) is 5.91 Å². The number of carbonyl (C=O) groups excluding carboxylic acids is 1. The van der Waals surface area contributed by atoms with Gasteiger partial charge in [-0.05, 0) is 30.9 Å². The molecule has 0 spiro atoms. The average molecular weight is 355 g/mol. The van der Waals surface area contributed by atoms with Gasteiger partial charge in [0.2, 0.25) is 0 Å². The van der Waals surface area contributed by atoms with Crippen LogP contribution >= 0.6 is 11.3 Å². The normalized spacial score (nSPS) is 16.0. The lowest BCUT2D eigenvalue weighted by Gasteiger charge is -2.14. The second kappa shape index (κ2) is 6.52. The number of halogens is 3. The summed E-state index contributed by atoms with van der Waals surface area (Å²) in [6, 6.07) is 4.84. The van der Waals surface area contributed by atoms with Gasteiger partial charge >= 0.3 is 6.18 Å². The zero-order valence-corrected chi connectivity index (χ0v) is 13.5. The van der Waals surface area contributed by atoms with Crippen molar-refractivity contribution >= 4 is 17.2 Å². The summed E-state index contributed by atoms with van der Waals surface area (Å²) >= 11 is 1.14. The number of alkyl halides is 3.